The van der Waals surface area contributed by atoms with Crippen LogP contribution in [0.25, 0.3) is 0 Å². The predicted molar refractivity (Wildman–Crippen MR) is 109 cm³/mol. The Hall–Kier alpha value is -1.65. The average molecular weight is 416 g/mol. The largest absolute Gasteiger partial charge is 0.411 e. The van der Waals surface area contributed by atoms with E-state index >= 15 is 0 Å². The molecule has 4 heteroatoms. The molecule has 0 radical (unpaired) electrons. The third-order valence-electron chi connectivity index (χ3n) is 5.55. The Bertz CT molecular complexity index is 749. The summed E-state index contributed by atoms with van der Waals surface area (Å²) in [4.78, 5) is 0. The molecule has 0 spiro atoms. The zero-order chi connectivity index (χ0) is 18.5. The number of rotatable bonds is 5. The van der Waals surface area contributed by atoms with Crippen LogP contribution in [-0.4, -0.2) is 22.1 Å². The highest BCUT2D eigenvalue weighted by Gasteiger charge is 2.27. The smallest absolute Gasteiger partial charge is 0.0611 e. The van der Waals surface area contributed by atoms with E-state index in [2.05, 4.69) is 76.5 Å². The van der Waals surface area contributed by atoms with Gasteiger partial charge in [0.15, 0.2) is 0 Å². The molecule has 0 amide bonds. The van der Waals surface area contributed by atoms with Crippen molar-refractivity contribution in [2.75, 3.05) is 0 Å². The van der Waals surface area contributed by atoms with Crippen molar-refractivity contribution < 1.29 is 10.3 Å². The normalized spacial score (nSPS) is 22.2. The second-order valence-corrected chi connectivity index (χ2v) is 8.18. The van der Waals surface area contributed by atoms with Crippen molar-refractivity contribution in [2.24, 2.45) is 11.1 Å². The Kier molecular flexibility index (Phi) is 6.49. The van der Waals surface area contributed by atoms with E-state index in [0.717, 1.165) is 35.9 Å². The van der Waals surface area contributed by atoms with Gasteiger partial charge in [-0.25, -0.2) is 0 Å². The lowest BCUT2D eigenvalue weighted by Gasteiger charge is -2.28. The average Bonchev–Trinajstić information content (AvgIpc) is 2.66. The highest BCUT2D eigenvalue weighted by atomic mass is 79.9. The van der Waals surface area contributed by atoms with Gasteiger partial charge in [0.25, 0.3) is 0 Å². The van der Waals surface area contributed by atoms with Gasteiger partial charge < -0.3 is 10.3 Å². The first-order valence-corrected chi connectivity index (χ1v) is 10.1. The van der Waals surface area contributed by atoms with Crippen LogP contribution in [0.4, 0.5) is 0 Å². The molecule has 1 aliphatic rings. The number of aryl methyl sites for hydroxylation is 1. The third kappa shape index (κ3) is 4.54. The van der Waals surface area contributed by atoms with Crippen molar-refractivity contribution >= 4 is 21.6 Å². The SMILES string of the molecule is Cc1ccccc1C(C/C(=N/O)[C@H]1CC[C@H](O)CC1)c1ccc(Br)cc1. The lowest BCUT2D eigenvalue weighted by atomic mass is 9.78. The van der Waals surface area contributed by atoms with Gasteiger partial charge in [-0.15, -0.1) is 0 Å². The third-order valence-corrected chi connectivity index (χ3v) is 6.07. The van der Waals surface area contributed by atoms with Crippen LogP contribution in [0.2, 0.25) is 0 Å². The fourth-order valence-corrected chi connectivity index (χ4v) is 4.25. The molecule has 2 aromatic rings. The Morgan fingerprint density at radius 3 is 2.35 bits per heavy atom. The summed E-state index contributed by atoms with van der Waals surface area (Å²) in [7, 11) is 0. The van der Waals surface area contributed by atoms with Gasteiger partial charge in [-0.1, -0.05) is 57.5 Å². The Balaban J connectivity index is 1.90. The molecule has 0 aliphatic heterocycles. The lowest BCUT2D eigenvalue weighted by molar-refractivity contribution is 0.120. The quantitative estimate of drug-likeness (QED) is 0.375. The van der Waals surface area contributed by atoms with E-state index in [9.17, 15) is 10.3 Å². The molecule has 0 saturated heterocycles. The van der Waals surface area contributed by atoms with Gasteiger partial charge in [-0.05, 0) is 61.4 Å². The van der Waals surface area contributed by atoms with Gasteiger partial charge in [-0.2, -0.15) is 0 Å². The zero-order valence-corrected chi connectivity index (χ0v) is 16.7. The first-order chi connectivity index (χ1) is 12.6. The number of benzene rings is 2. The minimum Gasteiger partial charge on any atom is -0.411 e. The van der Waals surface area contributed by atoms with Crippen LogP contribution in [0, 0.1) is 12.8 Å². The van der Waals surface area contributed by atoms with Gasteiger partial charge in [0.05, 0.1) is 11.8 Å². The Morgan fingerprint density at radius 1 is 1.08 bits per heavy atom. The molecule has 26 heavy (non-hydrogen) atoms. The van der Waals surface area contributed by atoms with Crippen LogP contribution in [0.15, 0.2) is 58.2 Å². The molecule has 3 rings (SSSR count). The number of aliphatic hydroxyl groups is 1. The molecule has 2 aromatic carbocycles. The first kappa shape index (κ1) is 19.1. The molecule has 138 valence electrons. The van der Waals surface area contributed by atoms with Crippen LogP contribution >= 0.6 is 15.9 Å². The Morgan fingerprint density at radius 2 is 1.73 bits per heavy atom. The van der Waals surface area contributed by atoms with E-state index in [1.165, 1.54) is 16.7 Å². The number of aliphatic hydroxyl groups excluding tert-OH is 1. The van der Waals surface area contributed by atoms with Gasteiger partial charge >= 0.3 is 0 Å². The number of halogens is 1. The molecule has 1 fully saturated rings. The molecule has 0 heterocycles. The van der Waals surface area contributed by atoms with E-state index in [0.29, 0.717) is 6.42 Å². The summed E-state index contributed by atoms with van der Waals surface area (Å²) < 4.78 is 1.06. The standard InChI is InChI=1S/C22H26BrNO2/c1-15-4-2-3-5-20(15)21(16-6-10-18(23)11-7-16)14-22(24-26)17-8-12-19(25)13-9-17/h2-7,10-11,17,19,21,25-26H,8-9,12-14H2,1H3/b24-22-/t17-,19-,21?. The predicted octanol–water partition coefficient (Wildman–Crippen LogP) is 5.66. The van der Waals surface area contributed by atoms with Crippen LogP contribution in [-0.2, 0) is 0 Å². The zero-order valence-electron chi connectivity index (χ0n) is 15.1. The molecule has 1 atom stereocenters. The maximum Gasteiger partial charge on any atom is 0.0611 e. The summed E-state index contributed by atoms with van der Waals surface area (Å²) in [5.41, 5.74) is 4.59. The molecule has 1 saturated carbocycles. The van der Waals surface area contributed by atoms with Gasteiger partial charge in [0.1, 0.15) is 0 Å². The first-order valence-electron chi connectivity index (χ1n) is 9.28. The number of oxime groups is 1. The van der Waals surface area contributed by atoms with E-state index in [4.69, 9.17) is 0 Å². The summed E-state index contributed by atoms with van der Waals surface area (Å²) in [5, 5.41) is 23.2. The van der Waals surface area contributed by atoms with Crippen molar-refractivity contribution in [3.05, 3.63) is 69.7 Å². The summed E-state index contributed by atoms with van der Waals surface area (Å²) in [6, 6.07) is 16.8. The highest BCUT2D eigenvalue weighted by molar-refractivity contribution is 9.10. The Labute approximate surface area is 163 Å². The van der Waals surface area contributed by atoms with E-state index < -0.39 is 0 Å². The van der Waals surface area contributed by atoms with Crippen molar-refractivity contribution in [3.8, 4) is 0 Å². The monoisotopic (exact) mass is 415 g/mol. The summed E-state index contributed by atoms with van der Waals surface area (Å²) in [6.45, 7) is 2.13. The lowest BCUT2D eigenvalue weighted by Crippen LogP contribution is -2.26. The van der Waals surface area contributed by atoms with Gasteiger partial charge in [-0.3, -0.25) is 0 Å². The molecule has 1 unspecified atom stereocenters. The fraction of sp³-hybridized carbons (Fsp3) is 0.409. The maximum absolute atomic E-state index is 9.77. The van der Waals surface area contributed by atoms with Crippen molar-refractivity contribution in [3.63, 3.8) is 0 Å². The minimum atomic E-state index is -0.204. The van der Waals surface area contributed by atoms with Crippen LogP contribution in [0.3, 0.4) is 0 Å². The summed E-state index contributed by atoms with van der Waals surface area (Å²) >= 11 is 3.51. The molecular weight excluding hydrogens is 390 g/mol. The molecule has 2 N–H and O–H groups in total. The van der Waals surface area contributed by atoms with E-state index in [1.54, 1.807) is 0 Å². The second-order valence-electron chi connectivity index (χ2n) is 7.26. The molecular formula is C22H26BrNO2. The van der Waals surface area contributed by atoms with E-state index in [1.807, 2.05) is 0 Å². The minimum absolute atomic E-state index is 0.155. The summed E-state index contributed by atoms with van der Waals surface area (Å²) in [6.07, 6.45) is 3.85. The van der Waals surface area contributed by atoms with Crippen molar-refractivity contribution in [1.29, 1.82) is 0 Å². The fourth-order valence-electron chi connectivity index (χ4n) is 3.99. The number of nitrogens with zero attached hydrogens (tertiary/aromatic N) is 1. The van der Waals surface area contributed by atoms with Crippen LogP contribution in [0.5, 0.6) is 0 Å². The number of hydrogen-bond acceptors (Lipinski definition) is 3. The second kappa shape index (κ2) is 8.83. The van der Waals surface area contributed by atoms with Gasteiger partial charge in [0.2, 0.25) is 0 Å². The van der Waals surface area contributed by atoms with Gasteiger partial charge in [0, 0.05) is 22.7 Å². The molecule has 3 nitrogen and oxygen atoms in total. The van der Waals surface area contributed by atoms with Crippen molar-refractivity contribution in [1.82, 2.24) is 0 Å². The maximum atomic E-state index is 9.77. The highest BCUT2D eigenvalue weighted by Crippen LogP contribution is 2.35. The van der Waals surface area contributed by atoms with Crippen LogP contribution < -0.4 is 0 Å². The van der Waals surface area contributed by atoms with Crippen molar-refractivity contribution in [2.45, 2.75) is 51.0 Å². The number of hydrogen-bond donors (Lipinski definition) is 2. The topological polar surface area (TPSA) is 52.8 Å². The molecule has 0 aromatic heterocycles. The van der Waals surface area contributed by atoms with E-state index in [-0.39, 0.29) is 17.9 Å². The summed E-state index contributed by atoms with van der Waals surface area (Å²) in [5.74, 6) is 0.410. The molecule has 1 aliphatic carbocycles. The molecule has 0 bridgehead atoms. The van der Waals surface area contributed by atoms with Crippen LogP contribution in [0.1, 0.15) is 54.7 Å².